The Morgan fingerprint density at radius 2 is 2.18 bits per heavy atom. The molecule has 0 saturated heterocycles. The number of allylic oxidation sites excluding steroid dienone is 3. The van der Waals surface area contributed by atoms with Crippen molar-refractivity contribution in [3.63, 3.8) is 0 Å². The molecule has 0 radical (unpaired) electrons. The van der Waals surface area contributed by atoms with Crippen LogP contribution in [-0.2, 0) is 0 Å². The van der Waals surface area contributed by atoms with Gasteiger partial charge in [0.1, 0.15) is 18.0 Å². The Kier molecular flexibility index (Phi) is 3.40. The fourth-order valence-corrected chi connectivity index (χ4v) is 2.75. The summed E-state index contributed by atoms with van der Waals surface area (Å²) in [5.74, 6) is 1.11. The molecule has 1 aliphatic heterocycles. The van der Waals surface area contributed by atoms with Crippen molar-refractivity contribution in [2.45, 2.75) is 13.0 Å². The quantitative estimate of drug-likeness (QED) is 0.729. The molecular weight excluding hydrogens is 278 g/mol. The maximum Gasteiger partial charge on any atom is 0.140 e. The van der Waals surface area contributed by atoms with E-state index in [-0.39, 0.29) is 5.92 Å². The van der Waals surface area contributed by atoms with Crippen LogP contribution in [0.3, 0.4) is 0 Å². The molecule has 2 heterocycles. The zero-order valence-corrected chi connectivity index (χ0v) is 12.8. The average molecular weight is 297 g/mol. The van der Waals surface area contributed by atoms with Gasteiger partial charge in [0.25, 0.3) is 0 Å². The number of fused-ring (bicyclic) bond motifs is 1. The van der Waals surface area contributed by atoms with E-state index in [1.54, 1.807) is 7.05 Å². The molecule has 7 heteroatoms. The molecule has 114 valence electrons. The Hall–Kier alpha value is -2.70. The van der Waals surface area contributed by atoms with Crippen LogP contribution in [0, 0.1) is 11.3 Å². The summed E-state index contributed by atoms with van der Waals surface area (Å²) >= 11 is 0. The third kappa shape index (κ3) is 2.14. The predicted molar refractivity (Wildman–Crippen MR) is 88.2 cm³/mol. The second-order valence-electron chi connectivity index (χ2n) is 5.43. The number of nitrogen functional groups attached to an aromatic ring is 1. The minimum absolute atomic E-state index is 0.273. The van der Waals surface area contributed by atoms with E-state index in [9.17, 15) is 0 Å². The van der Waals surface area contributed by atoms with Crippen LogP contribution in [0.25, 0.3) is 0 Å². The second kappa shape index (κ2) is 5.25. The highest BCUT2D eigenvalue weighted by Gasteiger charge is 2.31. The first-order valence-electron chi connectivity index (χ1n) is 7.11. The Balaban J connectivity index is 1.98. The molecule has 0 fully saturated rings. The third-order valence-corrected chi connectivity index (χ3v) is 4.16. The standard InChI is InChI=1S/C15H19N7/c1-8-10-5-4-9(6-11(10)21-22(8)3)13(16)12-14(17)19-7-20-15(12)18-2/h4-8,10,16H,1-3H3,(H3,17,18,19,20). The number of anilines is 2. The van der Waals surface area contributed by atoms with Crippen LogP contribution in [0.1, 0.15) is 12.5 Å². The van der Waals surface area contributed by atoms with Crippen LogP contribution in [0.2, 0.25) is 0 Å². The molecule has 1 aromatic heterocycles. The Bertz CT molecular complexity index is 717. The number of hydrogen-bond donors (Lipinski definition) is 3. The lowest BCUT2D eigenvalue weighted by molar-refractivity contribution is 0.281. The van der Waals surface area contributed by atoms with Crippen LogP contribution in [0.4, 0.5) is 11.6 Å². The van der Waals surface area contributed by atoms with E-state index in [2.05, 4.69) is 33.4 Å². The number of nitrogens with two attached hydrogens (primary N) is 1. The number of rotatable bonds is 3. The highest BCUT2D eigenvalue weighted by molar-refractivity contribution is 6.21. The first kappa shape index (κ1) is 14.2. The zero-order valence-electron chi connectivity index (χ0n) is 12.8. The molecule has 2 atom stereocenters. The highest BCUT2D eigenvalue weighted by Crippen LogP contribution is 2.29. The van der Waals surface area contributed by atoms with Crippen LogP contribution < -0.4 is 11.1 Å². The fourth-order valence-electron chi connectivity index (χ4n) is 2.75. The SMILES string of the molecule is CNc1ncnc(N)c1C(=N)C1=CC2=NN(C)C(C)C2C=C1. The average Bonchev–Trinajstić information content (AvgIpc) is 2.80. The minimum atomic E-state index is 0.273. The summed E-state index contributed by atoms with van der Waals surface area (Å²) in [5.41, 5.74) is 8.47. The van der Waals surface area contributed by atoms with Gasteiger partial charge in [-0.3, -0.25) is 10.4 Å². The second-order valence-corrected chi connectivity index (χ2v) is 5.43. The molecule has 3 rings (SSSR count). The summed E-state index contributed by atoms with van der Waals surface area (Å²) in [6.07, 6.45) is 7.37. The molecular formula is C15H19N7. The van der Waals surface area contributed by atoms with Gasteiger partial charge in [-0.1, -0.05) is 12.2 Å². The molecule has 0 saturated carbocycles. The molecule has 7 nitrogen and oxygen atoms in total. The van der Waals surface area contributed by atoms with Crippen LogP contribution >= 0.6 is 0 Å². The molecule has 0 spiro atoms. The van der Waals surface area contributed by atoms with E-state index in [4.69, 9.17) is 11.1 Å². The first-order chi connectivity index (χ1) is 10.5. The summed E-state index contributed by atoms with van der Waals surface area (Å²) in [7, 11) is 3.71. The van der Waals surface area contributed by atoms with Crippen molar-refractivity contribution in [1.82, 2.24) is 15.0 Å². The Morgan fingerprint density at radius 1 is 1.41 bits per heavy atom. The van der Waals surface area contributed by atoms with E-state index < -0.39 is 0 Å². The van der Waals surface area contributed by atoms with Gasteiger partial charge in [0.05, 0.1) is 23.0 Å². The van der Waals surface area contributed by atoms with E-state index in [1.165, 1.54) is 6.33 Å². The lowest BCUT2D eigenvalue weighted by atomic mass is 9.88. The molecule has 1 aliphatic carbocycles. The predicted octanol–water partition coefficient (Wildman–Crippen LogP) is 1.27. The van der Waals surface area contributed by atoms with Crippen molar-refractivity contribution in [3.05, 3.63) is 35.7 Å². The number of hydrogen-bond acceptors (Lipinski definition) is 7. The van der Waals surface area contributed by atoms with Gasteiger partial charge in [-0.2, -0.15) is 5.10 Å². The van der Waals surface area contributed by atoms with Gasteiger partial charge in [0, 0.05) is 25.6 Å². The maximum atomic E-state index is 8.47. The van der Waals surface area contributed by atoms with Crippen molar-refractivity contribution in [2.24, 2.45) is 11.0 Å². The largest absolute Gasteiger partial charge is 0.383 e. The van der Waals surface area contributed by atoms with Gasteiger partial charge >= 0.3 is 0 Å². The van der Waals surface area contributed by atoms with E-state index >= 15 is 0 Å². The van der Waals surface area contributed by atoms with Crippen molar-refractivity contribution in [3.8, 4) is 0 Å². The number of nitrogens with one attached hydrogen (secondary N) is 2. The van der Waals surface area contributed by atoms with Gasteiger partial charge in [-0.15, -0.1) is 0 Å². The first-order valence-corrected chi connectivity index (χ1v) is 7.11. The number of aromatic nitrogens is 2. The zero-order chi connectivity index (χ0) is 15.9. The summed E-state index contributed by atoms with van der Waals surface area (Å²) in [6, 6.07) is 0.330. The molecule has 0 bridgehead atoms. The summed E-state index contributed by atoms with van der Waals surface area (Å²) in [4.78, 5) is 8.12. The lowest BCUT2D eigenvalue weighted by Crippen LogP contribution is -2.27. The third-order valence-electron chi connectivity index (χ3n) is 4.16. The van der Waals surface area contributed by atoms with Gasteiger partial charge in [0.15, 0.2) is 0 Å². The van der Waals surface area contributed by atoms with E-state index in [0.717, 1.165) is 11.3 Å². The highest BCUT2D eigenvalue weighted by atomic mass is 15.5. The summed E-state index contributed by atoms with van der Waals surface area (Å²) in [5, 5.41) is 17.9. The van der Waals surface area contributed by atoms with Gasteiger partial charge in [-0.05, 0) is 13.0 Å². The van der Waals surface area contributed by atoms with Crippen molar-refractivity contribution in [2.75, 3.05) is 25.1 Å². The van der Waals surface area contributed by atoms with E-state index in [1.807, 2.05) is 24.2 Å². The molecule has 1 aromatic rings. The monoisotopic (exact) mass is 297 g/mol. The van der Waals surface area contributed by atoms with Gasteiger partial charge < -0.3 is 11.1 Å². The van der Waals surface area contributed by atoms with Crippen LogP contribution in [-0.4, -0.2) is 46.5 Å². The number of hydrazone groups is 1. The van der Waals surface area contributed by atoms with Gasteiger partial charge in [0.2, 0.25) is 0 Å². The molecule has 2 unspecified atom stereocenters. The Labute approximate surface area is 129 Å². The molecule has 4 N–H and O–H groups in total. The Morgan fingerprint density at radius 3 is 2.91 bits per heavy atom. The molecule has 0 amide bonds. The number of nitrogens with zero attached hydrogens (tertiary/aromatic N) is 4. The molecule has 2 aliphatic rings. The normalized spacial score (nSPS) is 23.0. The van der Waals surface area contributed by atoms with Gasteiger partial charge in [-0.25, -0.2) is 9.97 Å². The van der Waals surface area contributed by atoms with Crippen LogP contribution in [0.5, 0.6) is 0 Å². The topological polar surface area (TPSA) is 103 Å². The molecule has 22 heavy (non-hydrogen) atoms. The summed E-state index contributed by atoms with van der Waals surface area (Å²) < 4.78 is 0. The van der Waals surface area contributed by atoms with E-state index in [0.29, 0.717) is 29.0 Å². The maximum absolute atomic E-state index is 8.47. The van der Waals surface area contributed by atoms with Crippen molar-refractivity contribution in [1.29, 1.82) is 5.41 Å². The molecule has 0 aromatic carbocycles. The fraction of sp³-hybridized carbons (Fsp3) is 0.333. The smallest absolute Gasteiger partial charge is 0.140 e. The minimum Gasteiger partial charge on any atom is -0.383 e. The van der Waals surface area contributed by atoms with Crippen LogP contribution in [0.15, 0.2) is 35.2 Å². The van der Waals surface area contributed by atoms with Crippen molar-refractivity contribution < 1.29 is 0 Å². The van der Waals surface area contributed by atoms with Crippen molar-refractivity contribution >= 4 is 23.1 Å². The lowest BCUT2D eigenvalue weighted by Gasteiger charge is -2.20. The summed E-state index contributed by atoms with van der Waals surface area (Å²) in [6.45, 7) is 2.14.